The van der Waals surface area contributed by atoms with Gasteiger partial charge >= 0.3 is 0 Å². The van der Waals surface area contributed by atoms with E-state index in [4.69, 9.17) is 4.84 Å². The van der Waals surface area contributed by atoms with Crippen LogP contribution in [0.1, 0.15) is 6.92 Å². The van der Waals surface area contributed by atoms with E-state index in [9.17, 15) is 0 Å². The molecule has 2 aliphatic rings. The van der Waals surface area contributed by atoms with Gasteiger partial charge in [0.2, 0.25) is 0 Å². The van der Waals surface area contributed by atoms with Gasteiger partial charge in [0.05, 0.1) is 11.6 Å². The van der Waals surface area contributed by atoms with E-state index in [1.54, 1.807) is 12.4 Å². The zero-order valence-corrected chi connectivity index (χ0v) is 5.69. The molecule has 2 rings (SSSR count). The van der Waals surface area contributed by atoms with E-state index in [1.165, 1.54) is 0 Å². The second-order valence-corrected chi connectivity index (χ2v) is 2.47. The quantitative estimate of drug-likeness (QED) is 0.488. The minimum Gasteiger partial charge on any atom is -0.386 e. The summed E-state index contributed by atoms with van der Waals surface area (Å²) in [5.74, 6) is 0.331. The Kier molecular flexibility index (Phi) is 1.09. The summed E-state index contributed by atoms with van der Waals surface area (Å²) < 4.78 is 0. The predicted octanol–water partition coefficient (Wildman–Crippen LogP) is 0.975. The number of aliphatic imine (C=N–C) groups is 1. The van der Waals surface area contributed by atoms with Crippen LogP contribution in [0.25, 0.3) is 0 Å². The molecule has 0 aromatic carbocycles. The number of hydrogen-bond acceptors (Lipinski definition) is 3. The normalized spacial score (nSPS) is 35.1. The Morgan fingerprint density at radius 3 is 3.30 bits per heavy atom. The van der Waals surface area contributed by atoms with Crippen LogP contribution < -0.4 is 0 Å². The van der Waals surface area contributed by atoms with Crippen LogP contribution in [0.4, 0.5) is 0 Å². The highest BCUT2D eigenvalue weighted by Gasteiger charge is 2.29. The van der Waals surface area contributed by atoms with Gasteiger partial charge in [-0.15, -0.1) is 0 Å². The van der Waals surface area contributed by atoms with E-state index in [1.807, 2.05) is 13.0 Å². The van der Waals surface area contributed by atoms with E-state index in [-0.39, 0.29) is 6.10 Å². The van der Waals surface area contributed by atoms with Crippen LogP contribution in [0.15, 0.2) is 22.4 Å². The van der Waals surface area contributed by atoms with Crippen molar-refractivity contribution >= 4 is 11.9 Å². The molecule has 10 heavy (non-hydrogen) atoms. The maximum Gasteiger partial charge on any atom is 0.174 e. The molecular weight excluding hydrogens is 128 g/mol. The third kappa shape index (κ3) is 0.667. The Bertz CT molecular complexity index is 230. The van der Waals surface area contributed by atoms with Crippen LogP contribution in [0.3, 0.4) is 0 Å². The maximum atomic E-state index is 5.06. The number of fused-ring (bicyclic) bond motifs is 1. The summed E-state index contributed by atoms with van der Waals surface area (Å²) in [5.41, 5.74) is 1.03. The van der Waals surface area contributed by atoms with Gasteiger partial charge in [-0.3, -0.25) is 4.99 Å². The molecule has 3 nitrogen and oxygen atoms in total. The Morgan fingerprint density at radius 2 is 2.50 bits per heavy atom. The van der Waals surface area contributed by atoms with E-state index < -0.39 is 0 Å². The molecule has 0 amide bonds. The molecule has 0 spiro atoms. The molecule has 0 radical (unpaired) electrons. The summed E-state index contributed by atoms with van der Waals surface area (Å²) >= 11 is 0. The van der Waals surface area contributed by atoms with Crippen molar-refractivity contribution in [1.29, 1.82) is 0 Å². The molecule has 0 bridgehead atoms. The van der Waals surface area contributed by atoms with Crippen molar-refractivity contribution in [3.05, 3.63) is 12.3 Å². The summed E-state index contributed by atoms with van der Waals surface area (Å²) in [4.78, 5) is 9.01. The SMILES string of the molecule is CC1=NOC2C=NC=CC12. The second-order valence-electron chi connectivity index (χ2n) is 2.47. The fraction of sp³-hybridized carbons (Fsp3) is 0.429. The van der Waals surface area contributed by atoms with Gasteiger partial charge in [-0.05, 0) is 6.92 Å². The maximum absolute atomic E-state index is 5.06. The highest BCUT2D eigenvalue weighted by Crippen LogP contribution is 2.20. The van der Waals surface area contributed by atoms with Crippen LogP contribution in [-0.2, 0) is 4.84 Å². The van der Waals surface area contributed by atoms with Crippen LogP contribution in [0, 0.1) is 5.92 Å². The van der Waals surface area contributed by atoms with Crippen LogP contribution >= 0.6 is 0 Å². The van der Waals surface area contributed by atoms with E-state index >= 15 is 0 Å². The zero-order valence-electron chi connectivity index (χ0n) is 5.69. The van der Waals surface area contributed by atoms with Crippen molar-refractivity contribution in [3.8, 4) is 0 Å². The first kappa shape index (κ1) is 5.65. The average molecular weight is 136 g/mol. The van der Waals surface area contributed by atoms with Gasteiger partial charge < -0.3 is 4.84 Å². The van der Waals surface area contributed by atoms with Crippen molar-refractivity contribution < 1.29 is 4.84 Å². The molecule has 0 aromatic heterocycles. The lowest BCUT2D eigenvalue weighted by Crippen LogP contribution is -2.22. The highest BCUT2D eigenvalue weighted by molar-refractivity contribution is 5.91. The van der Waals surface area contributed by atoms with Gasteiger partial charge in [-0.1, -0.05) is 11.2 Å². The molecule has 0 N–H and O–H groups in total. The largest absolute Gasteiger partial charge is 0.386 e. The lowest BCUT2D eigenvalue weighted by Gasteiger charge is -2.11. The zero-order chi connectivity index (χ0) is 6.97. The number of rotatable bonds is 0. The molecule has 0 aliphatic carbocycles. The molecule has 0 saturated heterocycles. The first-order valence-corrected chi connectivity index (χ1v) is 3.28. The number of nitrogens with zero attached hydrogens (tertiary/aromatic N) is 2. The molecular formula is C7H8N2O. The number of oxime groups is 1. The molecule has 2 atom stereocenters. The molecule has 52 valence electrons. The van der Waals surface area contributed by atoms with Gasteiger partial charge in [-0.25, -0.2) is 0 Å². The van der Waals surface area contributed by atoms with Crippen molar-refractivity contribution in [2.24, 2.45) is 16.1 Å². The lowest BCUT2D eigenvalue weighted by molar-refractivity contribution is 0.122. The molecule has 3 heteroatoms. The van der Waals surface area contributed by atoms with Gasteiger partial charge in [0.1, 0.15) is 0 Å². The summed E-state index contributed by atoms with van der Waals surface area (Å²) in [6.07, 6.45) is 5.64. The summed E-state index contributed by atoms with van der Waals surface area (Å²) in [6, 6.07) is 0. The molecule has 0 saturated carbocycles. The lowest BCUT2D eigenvalue weighted by atomic mass is 9.98. The summed E-state index contributed by atoms with van der Waals surface area (Å²) in [7, 11) is 0. The molecule has 2 aliphatic heterocycles. The van der Waals surface area contributed by atoms with Crippen molar-refractivity contribution in [1.82, 2.24) is 0 Å². The smallest absolute Gasteiger partial charge is 0.174 e. The highest BCUT2D eigenvalue weighted by atomic mass is 16.6. The fourth-order valence-electron chi connectivity index (χ4n) is 1.15. The Balaban J connectivity index is 2.27. The third-order valence-corrected chi connectivity index (χ3v) is 1.77. The third-order valence-electron chi connectivity index (χ3n) is 1.77. The average Bonchev–Trinajstić information content (AvgIpc) is 2.34. The molecule has 0 aromatic rings. The predicted molar refractivity (Wildman–Crippen MR) is 39.1 cm³/mol. The topological polar surface area (TPSA) is 34.0 Å². The molecule has 2 heterocycles. The number of hydrogen-bond donors (Lipinski definition) is 0. The Labute approximate surface area is 59.1 Å². The van der Waals surface area contributed by atoms with E-state index in [2.05, 4.69) is 10.1 Å². The molecule has 2 unspecified atom stereocenters. The van der Waals surface area contributed by atoms with Gasteiger partial charge in [0.15, 0.2) is 6.10 Å². The van der Waals surface area contributed by atoms with Gasteiger partial charge in [-0.2, -0.15) is 0 Å². The minimum atomic E-state index is 0.0602. The van der Waals surface area contributed by atoms with Gasteiger partial charge in [0.25, 0.3) is 0 Å². The van der Waals surface area contributed by atoms with Crippen LogP contribution in [0.5, 0.6) is 0 Å². The van der Waals surface area contributed by atoms with Crippen LogP contribution in [-0.4, -0.2) is 18.0 Å². The standard InChI is InChI=1S/C7H8N2O/c1-5-6-2-3-8-4-7(6)10-9-5/h2-4,6-7H,1H3. The summed E-state index contributed by atoms with van der Waals surface area (Å²) in [5, 5.41) is 3.85. The van der Waals surface area contributed by atoms with Crippen molar-refractivity contribution in [3.63, 3.8) is 0 Å². The van der Waals surface area contributed by atoms with Crippen LogP contribution in [0.2, 0.25) is 0 Å². The first-order chi connectivity index (χ1) is 4.88. The Hall–Kier alpha value is -1.12. The summed E-state index contributed by atoms with van der Waals surface area (Å²) in [6.45, 7) is 1.97. The van der Waals surface area contributed by atoms with Crippen molar-refractivity contribution in [2.75, 3.05) is 0 Å². The first-order valence-electron chi connectivity index (χ1n) is 3.28. The van der Waals surface area contributed by atoms with E-state index in [0.717, 1.165) is 5.71 Å². The minimum absolute atomic E-state index is 0.0602. The monoisotopic (exact) mass is 136 g/mol. The molecule has 0 fully saturated rings. The fourth-order valence-corrected chi connectivity index (χ4v) is 1.15. The van der Waals surface area contributed by atoms with Crippen molar-refractivity contribution in [2.45, 2.75) is 13.0 Å². The Morgan fingerprint density at radius 1 is 1.60 bits per heavy atom. The van der Waals surface area contributed by atoms with E-state index in [0.29, 0.717) is 5.92 Å². The van der Waals surface area contributed by atoms with Gasteiger partial charge in [0, 0.05) is 12.4 Å². The second kappa shape index (κ2) is 1.94.